The molecule has 0 spiro atoms. The van der Waals surface area contributed by atoms with Crippen molar-refractivity contribution in [1.82, 2.24) is 4.98 Å². The summed E-state index contributed by atoms with van der Waals surface area (Å²) >= 11 is 0. The van der Waals surface area contributed by atoms with E-state index in [0.717, 1.165) is 11.0 Å². The van der Waals surface area contributed by atoms with Crippen molar-refractivity contribution < 1.29 is 4.74 Å². The third-order valence-corrected chi connectivity index (χ3v) is 2.99. The average molecular weight is 239 g/mol. The standard InChI is InChI=1S/C15H13NO2/c1-2-18-13-9-5-8-12-14(13)15(17)10-6-3-4-7-11(10)16-12/h3-9H,2H2,1H3,(H,16,17). The maximum atomic E-state index is 12.5. The highest BCUT2D eigenvalue weighted by atomic mass is 16.5. The molecule has 1 heterocycles. The molecule has 0 atom stereocenters. The summed E-state index contributed by atoms with van der Waals surface area (Å²) in [7, 11) is 0. The number of ether oxygens (including phenoxy) is 1. The molecule has 3 aromatic rings. The van der Waals surface area contributed by atoms with Crippen LogP contribution in [0, 0.1) is 0 Å². The summed E-state index contributed by atoms with van der Waals surface area (Å²) in [5.74, 6) is 0.641. The van der Waals surface area contributed by atoms with Gasteiger partial charge in [0.05, 0.1) is 17.5 Å². The Morgan fingerprint density at radius 1 is 1.06 bits per heavy atom. The van der Waals surface area contributed by atoms with Gasteiger partial charge in [0.15, 0.2) is 0 Å². The first kappa shape index (κ1) is 10.8. The molecule has 0 aliphatic carbocycles. The van der Waals surface area contributed by atoms with Gasteiger partial charge in [-0.1, -0.05) is 18.2 Å². The van der Waals surface area contributed by atoms with Gasteiger partial charge in [0, 0.05) is 10.9 Å². The quantitative estimate of drug-likeness (QED) is 0.698. The number of hydrogen-bond acceptors (Lipinski definition) is 2. The molecule has 1 N–H and O–H groups in total. The highest BCUT2D eigenvalue weighted by Gasteiger charge is 2.09. The van der Waals surface area contributed by atoms with Gasteiger partial charge in [-0.05, 0) is 31.2 Å². The molecule has 18 heavy (non-hydrogen) atoms. The molecule has 90 valence electrons. The maximum absolute atomic E-state index is 12.5. The van der Waals surface area contributed by atoms with E-state index in [1.807, 2.05) is 49.4 Å². The summed E-state index contributed by atoms with van der Waals surface area (Å²) in [5.41, 5.74) is 1.68. The first-order chi connectivity index (χ1) is 8.81. The van der Waals surface area contributed by atoms with Crippen LogP contribution >= 0.6 is 0 Å². The lowest BCUT2D eigenvalue weighted by Gasteiger charge is -2.08. The number of H-pyrrole nitrogens is 1. The van der Waals surface area contributed by atoms with Crippen LogP contribution < -0.4 is 10.2 Å². The second-order valence-electron chi connectivity index (χ2n) is 4.11. The molecular formula is C15H13NO2. The van der Waals surface area contributed by atoms with E-state index < -0.39 is 0 Å². The molecule has 0 radical (unpaired) electrons. The minimum atomic E-state index is 0.0170. The van der Waals surface area contributed by atoms with Crippen LogP contribution in [0.3, 0.4) is 0 Å². The summed E-state index contributed by atoms with van der Waals surface area (Å²) in [6, 6.07) is 13.1. The molecule has 1 aromatic heterocycles. The SMILES string of the molecule is CCOc1cccc2[nH]c3ccccc3c(=O)c12. The molecule has 2 aromatic carbocycles. The molecule has 0 saturated carbocycles. The van der Waals surface area contributed by atoms with Crippen molar-refractivity contribution in [3.05, 3.63) is 52.7 Å². The first-order valence-corrected chi connectivity index (χ1v) is 5.98. The van der Waals surface area contributed by atoms with Gasteiger partial charge in [-0.15, -0.1) is 0 Å². The molecule has 0 fully saturated rings. The van der Waals surface area contributed by atoms with Gasteiger partial charge in [-0.2, -0.15) is 0 Å². The molecule has 0 unspecified atom stereocenters. The van der Waals surface area contributed by atoms with Crippen LogP contribution in [0.4, 0.5) is 0 Å². The van der Waals surface area contributed by atoms with Crippen molar-refractivity contribution in [2.24, 2.45) is 0 Å². The van der Waals surface area contributed by atoms with Crippen LogP contribution in [0.15, 0.2) is 47.3 Å². The first-order valence-electron chi connectivity index (χ1n) is 5.98. The smallest absolute Gasteiger partial charge is 0.200 e. The zero-order chi connectivity index (χ0) is 12.5. The van der Waals surface area contributed by atoms with E-state index in [9.17, 15) is 4.79 Å². The lowest BCUT2D eigenvalue weighted by Crippen LogP contribution is -2.06. The fourth-order valence-corrected chi connectivity index (χ4v) is 2.22. The molecule has 3 nitrogen and oxygen atoms in total. The zero-order valence-electron chi connectivity index (χ0n) is 10.1. The Morgan fingerprint density at radius 3 is 2.67 bits per heavy atom. The van der Waals surface area contributed by atoms with Crippen LogP contribution in [0.25, 0.3) is 21.8 Å². The summed E-state index contributed by atoms with van der Waals surface area (Å²) in [4.78, 5) is 15.8. The molecule has 0 aliphatic heterocycles. The van der Waals surface area contributed by atoms with E-state index in [-0.39, 0.29) is 5.43 Å². The molecule has 3 rings (SSSR count). The second kappa shape index (κ2) is 4.18. The minimum absolute atomic E-state index is 0.0170. The molecule has 0 amide bonds. The van der Waals surface area contributed by atoms with Crippen LogP contribution in [0.2, 0.25) is 0 Å². The summed E-state index contributed by atoms with van der Waals surface area (Å²) in [6.45, 7) is 2.46. The molecule has 0 bridgehead atoms. The number of nitrogens with one attached hydrogen (secondary N) is 1. The van der Waals surface area contributed by atoms with Gasteiger partial charge >= 0.3 is 0 Å². The number of rotatable bonds is 2. The Hall–Kier alpha value is -2.29. The van der Waals surface area contributed by atoms with Crippen molar-refractivity contribution in [2.45, 2.75) is 6.92 Å². The third-order valence-electron chi connectivity index (χ3n) is 2.99. The van der Waals surface area contributed by atoms with Gasteiger partial charge in [-0.25, -0.2) is 0 Å². The number of aromatic amines is 1. The number of benzene rings is 2. The fraction of sp³-hybridized carbons (Fsp3) is 0.133. The largest absolute Gasteiger partial charge is 0.493 e. The van der Waals surface area contributed by atoms with E-state index in [0.29, 0.717) is 23.1 Å². The van der Waals surface area contributed by atoms with Crippen LogP contribution in [0.1, 0.15) is 6.92 Å². The maximum Gasteiger partial charge on any atom is 0.200 e. The second-order valence-corrected chi connectivity index (χ2v) is 4.11. The average Bonchev–Trinajstić information content (AvgIpc) is 2.39. The number of para-hydroxylation sites is 1. The molecule has 3 heteroatoms. The van der Waals surface area contributed by atoms with Gasteiger partial charge in [0.1, 0.15) is 5.75 Å². The summed E-state index contributed by atoms with van der Waals surface area (Å²) in [6.07, 6.45) is 0. The summed E-state index contributed by atoms with van der Waals surface area (Å²) < 4.78 is 5.53. The Bertz CT molecular complexity index is 774. The topological polar surface area (TPSA) is 42.1 Å². The molecule has 0 aliphatic rings. The zero-order valence-corrected chi connectivity index (χ0v) is 10.1. The highest BCUT2D eigenvalue weighted by molar-refractivity contribution is 5.95. The molecule has 0 saturated heterocycles. The van der Waals surface area contributed by atoms with Gasteiger partial charge in [0.25, 0.3) is 0 Å². The van der Waals surface area contributed by atoms with Crippen molar-refractivity contribution in [2.75, 3.05) is 6.61 Å². The van der Waals surface area contributed by atoms with E-state index in [1.165, 1.54) is 0 Å². The Labute approximate surface area is 104 Å². The lowest BCUT2D eigenvalue weighted by atomic mass is 10.1. The Kier molecular flexibility index (Phi) is 2.52. The van der Waals surface area contributed by atoms with Crippen LogP contribution in [-0.2, 0) is 0 Å². The Morgan fingerprint density at radius 2 is 1.83 bits per heavy atom. The number of hydrogen-bond donors (Lipinski definition) is 1. The van der Waals surface area contributed by atoms with E-state index in [2.05, 4.69) is 4.98 Å². The van der Waals surface area contributed by atoms with Crippen molar-refractivity contribution >= 4 is 21.8 Å². The van der Waals surface area contributed by atoms with Gasteiger partial charge in [0.2, 0.25) is 5.43 Å². The van der Waals surface area contributed by atoms with Gasteiger partial charge in [-0.3, -0.25) is 4.79 Å². The number of pyridine rings is 1. The molecular weight excluding hydrogens is 226 g/mol. The number of aromatic nitrogens is 1. The fourth-order valence-electron chi connectivity index (χ4n) is 2.22. The monoisotopic (exact) mass is 239 g/mol. The summed E-state index contributed by atoms with van der Waals surface area (Å²) in [5, 5.41) is 1.32. The normalized spacial score (nSPS) is 10.9. The van der Waals surface area contributed by atoms with E-state index in [1.54, 1.807) is 0 Å². The van der Waals surface area contributed by atoms with Crippen molar-refractivity contribution in [3.63, 3.8) is 0 Å². The lowest BCUT2D eigenvalue weighted by molar-refractivity contribution is 0.344. The van der Waals surface area contributed by atoms with Crippen LogP contribution in [-0.4, -0.2) is 11.6 Å². The van der Waals surface area contributed by atoms with Gasteiger partial charge < -0.3 is 9.72 Å². The van der Waals surface area contributed by atoms with E-state index in [4.69, 9.17) is 4.74 Å². The number of fused-ring (bicyclic) bond motifs is 2. The highest BCUT2D eigenvalue weighted by Crippen LogP contribution is 2.23. The minimum Gasteiger partial charge on any atom is -0.493 e. The van der Waals surface area contributed by atoms with Crippen LogP contribution in [0.5, 0.6) is 5.75 Å². The van der Waals surface area contributed by atoms with E-state index >= 15 is 0 Å². The van der Waals surface area contributed by atoms with Crippen molar-refractivity contribution in [3.8, 4) is 5.75 Å². The van der Waals surface area contributed by atoms with Crippen molar-refractivity contribution in [1.29, 1.82) is 0 Å². The predicted molar refractivity (Wildman–Crippen MR) is 73.2 cm³/mol. The Balaban J connectivity index is 2.49. The predicted octanol–water partition coefficient (Wildman–Crippen LogP) is 3.08. The third kappa shape index (κ3) is 1.56.